The molecule has 0 saturated heterocycles. The van der Waals surface area contributed by atoms with E-state index in [0.717, 1.165) is 0 Å². The van der Waals surface area contributed by atoms with Gasteiger partial charge in [-0.3, -0.25) is 0 Å². The molecule has 3 aromatic carbocycles. The lowest BCUT2D eigenvalue weighted by molar-refractivity contribution is 0.0735. The number of rotatable bonds is 3. The summed E-state index contributed by atoms with van der Waals surface area (Å²) in [5.41, 5.74) is 1.61. The van der Waals surface area contributed by atoms with Crippen LogP contribution in [0, 0.1) is 0 Å². The molecule has 1 aliphatic rings. The minimum Gasteiger partial charge on any atom is -0.423 e. The smallest absolute Gasteiger partial charge is 0.343 e. The maximum Gasteiger partial charge on any atom is 0.343 e. The van der Waals surface area contributed by atoms with Crippen molar-refractivity contribution in [2.24, 2.45) is 4.40 Å². The normalized spacial score (nSPS) is 14.1. The van der Waals surface area contributed by atoms with Gasteiger partial charge in [0, 0.05) is 11.3 Å². The van der Waals surface area contributed by atoms with Crippen LogP contribution in [-0.2, 0) is 10.0 Å². The first-order valence-electron chi connectivity index (χ1n) is 8.12. The first-order valence-corrected chi connectivity index (χ1v) is 9.56. The van der Waals surface area contributed by atoms with Gasteiger partial charge in [0.1, 0.15) is 10.6 Å². The number of carbonyl (C=O) groups excluding carboxylic acids is 1. The highest BCUT2D eigenvalue weighted by Crippen LogP contribution is 2.27. The number of carbonyl (C=O) groups is 1. The van der Waals surface area contributed by atoms with E-state index in [1.165, 1.54) is 6.07 Å². The van der Waals surface area contributed by atoms with Crippen molar-refractivity contribution in [2.45, 2.75) is 4.90 Å². The van der Waals surface area contributed by atoms with Gasteiger partial charge in [0.25, 0.3) is 10.0 Å². The molecule has 0 spiro atoms. The summed E-state index contributed by atoms with van der Waals surface area (Å²) in [5, 5.41) is 3.00. The van der Waals surface area contributed by atoms with Crippen molar-refractivity contribution in [1.29, 1.82) is 0 Å². The minimum atomic E-state index is -3.67. The van der Waals surface area contributed by atoms with Crippen molar-refractivity contribution in [3.05, 3.63) is 90.0 Å². The molecule has 3 aromatic rings. The van der Waals surface area contributed by atoms with E-state index >= 15 is 0 Å². The highest BCUT2D eigenvalue weighted by atomic mass is 32.2. The Morgan fingerprint density at radius 2 is 1.52 bits per heavy atom. The molecule has 0 fully saturated rings. The Morgan fingerprint density at radius 3 is 2.26 bits per heavy atom. The number of ether oxygens (including phenoxy) is 1. The summed E-state index contributed by atoms with van der Waals surface area (Å²) in [7, 11) is -3.67. The fourth-order valence-electron chi connectivity index (χ4n) is 2.68. The summed E-state index contributed by atoms with van der Waals surface area (Å²) in [6.45, 7) is 0. The lowest BCUT2D eigenvalue weighted by atomic mass is 10.2. The van der Waals surface area contributed by atoms with Crippen LogP contribution >= 0.6 is 0 Å². The summed E-state index contributed by atoms with van der Waals surface area (Å²) >= 11 is 0. The van der Waals surface area contributed by atoms with Crippen LogP contribution < -0.4 is 10.1 Å². The number of esters is 1. The highest BCUT2D eigenvalue weighted by molar-refractivity contribution is 7.90. The van der Waals surface area contributed by atoms with E-state index in [9.17, 15) is 13.2 Å². The van der Waals surface area contributed by atoms with Crippen LogP contribution in [0.5, 0.6) is 5.75 Å². The van der Waals surface area contributed by atoms with E-state index < -0.39 is 16.0 Å². The minimum absolute atomic E-state index is 0.181. The zero-order chi connectivity index (χ0) is 18.9. The third kappa shape index (κ3) is 3.45. The van der Waals surface area contributed by atoms with Crippen molar-refractivity contribution >= 4 is 27.5 Å². The zero-order valence-electron chi connectivity index (χ0n) is 14.0. The molecule has 6 nitrogen and oxygen atoms in total. The Labute approximate surface area is 156 Å². The lowest BCUT2D eigenvalue weighted by Gasteiger charge is -2.08. The number of amidine groups is 1. The maximum atomic E-state index is 12.1. The second-order valence-electron chi connectivity index (χ2n) is 5.82. The molecule has 1 aliphatic heterocycles. The molecule has 0 aliphatic carbocycles. The molecule has 0 saturated carbocycles. The standard InChI is InChI=1S/C20H14N2O4S/c23-20(14-6-2-1-3-7-14)26-16-12-10-15(11-13-16)21-19-17-8-4-5-9-18(17)27(24,25)22-19/h1-13H,(H,21,22). The van der Waals surface area contributed by atoms with Gasteiger partial charge in [-0.15, -0.1) is 4.40 Å². The van der Waals surface area contributed by atoms with Crippen LogP contribution in [0.15, 0.2) is 88.2 Å². The molecule has 0 aromatic heterocycles. The van der Waals surface area contributed by atoms with Gasteiger partial charge >= 0.3 is 5.97 Å². The summed E-state index contributed by atoms with van der Waals surface area (Å²) in [4.78, 5) is 12.2. The number of anilines is 1. The summed E-state index contributed by atoms with van der Waals surface area (Å²) in [5.74, 6) is 0.201. The molecular weight excluding hydrogens is 364 g/mol. The number of nitrogens with zero attached hydrogens (tertiary/aromatic N) is 1. The van der Waals surface area contributed by atoms with Crippen LogP contribution in [0.2, 0.25) is 0 Å². The van der Waals surface area contributed by atoms with Gasteiger partial charge in [-0.05, 0) is 48.5 Å². The van der Waals surface area contributed by atoms with E-state index in [1.807, 2.05) is 6.07 Å². The molecule has 1 heterocycles. The highest BCUT2D eigenvalue weighted by Gasteiger charge is 2.28. The van der Waals surface area contributed by atoms with Crippen molar-refractivity contribution in [2.75, 3.05) is 5.32 Å². The monoisotopic (exact) mass is 378 g/mol. The fourth-order valence-corrected chi connectivity index (χ4v) is 3.85. The van der Waals surface area contributed by atoms with Gasteiger partial charge in [0.05, 0.1) is 5.56 Å². The molecule has 0 amide bonds. The van der Waals surface area contributed by atoms with Crippen LogP contribution in [0.3, 0.4) is 0 Å². The van der Waals surface area contributed by atoms with E-state index in [4.69, 9.17) is 4.74 Å². The first-order chi connectivity index (χ1) is 13.0. The number of sulfonamides is 1. The zero-order valence-corrected chi connectivity index (χ0v) is 14.8. The lowest BCUT2D eigenvalue weighted by Crippen LogP contribution is -2.11. The van der Waals surface area contributed by atoms with Gasteiger partial charge in [-0.25, -0.2) is 4.79 Å². The summed E-state index contributed by atoms with van der Waals surface area (Å²) in [6, 6.07) is 21.9. The largest absolute Gasteiger partial charge is 0.423 e. The van der Waals surface area contributed by atoms with Crippen molar-refractivity contribution in [1.82, 2.24) is 0 Å². The number of fused-ring (bicyclic) bond motifs is 1. The van der Waals surface area contributed by atoms with Crippen molar-refractivity contribution in [3.63, 3.8) is 0 Å². The molecule has 7 heteroatoms. The topological polar surface area (TPSA) is 84.8 Å². The molecule has 1 N–H and O–H groups in total. The van der Waals surface area contributed by atoms with Gasteiger partial charge in [-0.1, -0.05) is 30.3 Å². The fraction of sp³-hybridized carbons (Fsp3) is 0. The molecule has 0 unspecified atom stereocenters. The Balaban J connectivity index is 1.50. The second kappa shape index (κ2) is 6.69. The van der Waals surface area contributed by atoms with Gasteiger partial charge < -0.3 is 10.1 Å². The summed E-state index contributed by atoms with van der Waals surface area (Å²) < 4.78 is 33.3. The van der Waals surface area contributed by atoms with Crippen molar-refractivity contribution < 1.29 is 17.9 Å². The third-order valence-corrected chi connectivity index (χ3v) is 5.30. The Hall–Kier alpha value is -3.45. The average molecular weight is 378 g/mol. The van der Waals surface area contributed by atoms with Gasteiger partial charge in [-0.2, -0.15) is 8.42 Å². The molecule has 4 rings (SSSR count). The number of hydrogen-bond acceptors (Lipinski definition) is 5. The molecule has 0 radical (unpaired) electrons. The molecule has 134 valence electrons. The van der Waals surface area contributed by atoms with Crippen LogP contribution in [0.4, 0.5) is 5.69 Å². The maximum absolute atomic E-state index is 12.1. The SMILES string of the molecule is O=C(Oc1ccc(NC2=NS(=O)(=O)c3ccccc32)cc1)c1ccccc1. The first kappa shape index (κ1) is 17.0. The number of benzene rings is 3. The summed E-state index contributed by atoms with van der Waals surface area (Å²) in [6.07, 6.45) is 0. The molecule has 27 heavy (non-hydrogen) atoms. The van der Waals surface area contributed by atoms with E-state index in [1.54, 1.807) is 66.7 Å². The predicted molar refractivity (Wildman–Crippen MR) is 102 cm³/mol. The van der Waals surface area contributed by atoms with Gasteiger partial charge in [0.2, 0.25) is 0 Å². The van der Waals surface area contributed by atoms with E-state index in [-0.39, 0.29) is 10.7 Å². The Kier molecular flexibility index (Phi) is 4.21. The molecule has 0 atom stereocenters. The van der Waals surface area contributed by atoms with E-state index in [2.05, 4.69) is 9.71 Å². The average Bonchev–Trinajstić information content (AvgIpc) is 2.94. The Bertz CT molecular complexity index is 1140. The quantitative estimate of drug-likeness (QED) is 0.557. The Morgan fingerprint density at radius 1 is 0.852 bits per heavy atom. The number of nitrogens with one attached hydrogen (secondary N) is 1. The van der Waals surface area contributed by atoms with E-state index in [0.29, 0.717) is 22.6 Å². The van der Waals surface area contributed by atoms with Crippen molar-refractivity contribution in [3.8, 4) is 5.75 Å². The van der Waals surface area contributed by atoms with Crippen LogP contribution in [0.25, 0.3) is 0 Å². The van der Waals surface area contributed by atoms with Gasteiger partial charge in [0.15, 0.2) is 5.84 Å². The van der Waals surface area contributed by atoms with Crippen LogP contribution in [-0.4, -0.2) is 20.2 Å². The van der Waals surface area contributed by atoms with Crippen LogP contribution in [0.1, 0.15) is 15.9 Å². The molecular formula is C20H14N2O4S. The third-order valence-electron chi connectivity index (χ3n) is 3.97. The second-order valence-corrected chi connectivity index (χ2v) is 7.39. The predicted octanol–water partition coefficient (Wildman–Crippen LogP) is 3.47. The number of hydrogen-bond donors (Lipinski definition) is 1. The molecule has 0 bridgehead atoms.